The monoisotopic (exact) mass is 262 g/mol. The molecule has 0 aromatic heterocycles. The summed E-state index contributed by atoms with van der Waals surface area (Å²) in [5, 5.41) is 0. The minimum absolute atomic E-state index is 0.250. The van der Waals surface area contributed by atoms with Crippen LogP contribution in [0.3, 0.4) is 0 Å². The van der Waals surface area contributed by atoms with Gasteiger partial charge in [-0.05, 0) is 44.0 Å². The van der Waals surface area contributed by atoms with E-state index in [4.69, 9.17) is 10.5 Å². The van der Waals surface area contributed by atoms with E-state index in [0.29, 0.717) is 19.1 Å². The van der Waals surface area contributed by atoms with Crippen molar-refractivity contribution in [2.45, 2.75) is 19.8 Å². The second kappa shape index (κ2) is 6.57. The highest BCUT2D eigenvalue weighted by Gasteiger charge is 2.21. The Labute approximate surface area is 114 Å². The van der Waals surface area contributed by atoms with Gasteiger partial charge in [0.15, 0.2) is 0 Å². The second-order valence-corrected chi connectivity index (χ2v) is 5.34. The van der Waals surface area contributed by atoms with Crippen LogP contribution in [0.1, 0.15) is 18.4 Å². The molecule has 1 aromatic carbocycles. The quantitative estimate of drug-likeness (QED) is 0.876. The number of rotatable bonds is 5. The Hall–Kier alpha value is -1.55. The fourth-order valence-corrected chi connectivity index (χ4v) is 2.57. The summed E-state index contributed by atoms with van der Waals surface area (Å²) in [5.74, 6) is 1.15. The van der Waals surface area contributed by atoms with Gasteiger partial charge in [0, 0.05) is 12.5 Å². The number of amides is 1. The molecule has 4 heteroatoms. The van der Waals surface area contributed by atoms with Gasteiger partial charge in [0.1, 0.15) is 5.75 Å². The number of likely N-dealkylation sites (tertiary alicyclic amines) is 1. The average molecular weight is 262 g/mol. The molecule has 1 unspecified atom stereocenters. The number of carbonyl (C=O) groups is 1. The van der Waals surface area contributed by atoms with Crippen LogP contribution in [0.5, 0.6) is 5.75 Å². The van der Waals surface area contributed by atoms with Crippen LogP contribution < -0.4 is 10.5 Å². The number of primary amides is 1. The molecule has 1 aliphatic heterocycles. The molecule has 104 valence electrons. The molecular formula is C15H22N2O2. The zero-order chi connectivity index (χ0) is 13.7. The van der Waals surface area contributed by atoms with Crippen LogP contribution in [0.2, 0.25) is 0 Å². The summed E-state index contributed by atoms with van der Waals surface area (Å²) in [6.07, 6.45) is 2.26. The summed E-state index contributed by atoms with van der Waals surface area (Å²) in [6, 6.07) is 8.09. The topological polar surface area (TPSA) is 55.6 Å². The molecule has 1 saturated heterocycles. The first-order chi connectivity index (χ1) is 9.13. The van der Waals surface area contributed by atoms with Gasteiger partial charge in [-0.25, -0.2) is 0 Å². The van der Waals surface area contributed by atoms with Crippen molar-refractivity contribution >= 4 is 5.91 Å². The molecule has 1 aromatic rings. The molecule has 2 N–H and O–H groups in total. The number of piperidine rings is 1. The predicted octanol–water partition coefficient (Wildman–Crippen LogP) is 1.57. The lowest BCUT2D eigenvalue weighted by molar-refractivity contribution is -0.119. The summed E-state index contributed by atoms with van der Waals surface area (Å²) < 4.78 is 5.84. The Kier molecular flexibility index (Phi) is 4.80. The number of carbonyl (C=O) groups excluding carboxylic acids is 1. The van der Waals surface area contributed by atoms with Gasteiger partial charge in [-0.15, -0.1) is 0 Å². The molecule has 0 aliphatic carbocycles. The molecule has 0 spiro atoms. The van der Waals surface area contributed by atoms with Crippen molar-refractivity contribution in [2.75, 3.05) is 26.2 Å². The molecule has 0 bridgehead atoms. The van der Waals surface area contributed by atoms with Crippen LogP contribution in [0.4, 0.5) is 0 Å². The molecule has 1 aliphatic rings. The van der Waals surface area contributed by atoms with Crippen molar-refractivity contribution < 1.29 is 9.53 Å². The number of nitrogens with zero attached hydrogens (tertiary/aromatic N) is 1. The molecule has 1 amide bonds. The maximum absolute atomic E-state index is 10.9. The Bertz CT molecular complexity index is 434. The number of ether oxygens (including phenoxy) is 1. The molecule has 1 heterocycles. The summed E-state index contributed by atoms with van der Waals surface area (Å²) >= 11 is 0. The van der Waals surface area contributed by atoms with E-state index in [1.165, 1.54) is 5.56 Å². The van der Waals surface area contributed by atoms with Crippen molar-refractivity contribution in [3.63, 3.8) is 0 Å². The lowest BCUT2D eigenvalue weighted by Crippen LogP contribution is -2.42. The normalized spacial score (nSPS) is 20.2. The molecule has 4 nitrogen and oxygen atoms in total. The highest BCUT2D eigenvalue weighted by Crippen LogP contribution is 2.19. The van der Waals surface area contributed by atoms with Crippen molar-refractivity contribution in [2.24, 2.45) is 11.7 Å². The van der Waals surface area contributed by atoms with Crippen LogP contribution in [0, 0.1) is 12.8 Å². The van der Waals surface area contributed by atoms with Gasteiger partial charge in [0.2, 0.25) is 5.91 Å². The lowest BCUT2D eigenvalue weighted by atomic mass is 9.99. The fraction of sp³-hybridized carbons (Fsp3) is 0.533. The maximum atomic E-state index is 10.9. The maximum Gasteiger partial charge on any atom is 0.231 e. The third-order valence-corrected chi connectivity index (χ3v) is 3.46. The molecule has 2 rings (SSSR count). The number of hydrogen-bond donors (Lipinski definition) is 1. The van der Waals surface area contributed by atoms with Gasteiger partial charge in [0.25, 0.3) is 0 Å². The van der Waals surface area contributed by atoms with E-state index in [0.717, 1.165) is 31.7 Å². The van der Waals surface area contributed by atoms with Crippen LogP contribution in [0.25, 0.3) is 0 Å². The van der Waals surface area contributed by atoms with Crippen molar-refractivity contribution in [3.8, 4) is 5.75 Å². The molecule has 0 saturated carbocycles. The van der Waals surface area contributed by atoms with Crippen molar-refractivity contribution in [1.82, 2.24) is 4.90 Å². The first kappa shape index (κ1) is 13.9. The Morgan fingerprint density at radius 2 is 2.37 bits per heavy atom. The first-order valence-corrected chi connectivity index (χ1v) is 6.83. The third kappa shape index (κ3) is 4.56. The fourth-order valence-electron chi connectivity index (χ4n) is 2.57. The van der Waals surface area contributed by atoms with Gasteiger partial charge >= 0.3 is 0 Å². The van der Waals surface area contributed by atoms with Crippen molar-refractivity contribution in [1.29, 1.82) is 0 Å². The van der Waals surface area contributed by atoms with E-state index in [1.54, 1.807) is 0 Å². The van der Waals surface area contributed by atoms with Crippen LogP contribution in [-0.2, 0) is 4.79 Å². The van der Waals surface area contributed by atoms with E-state index >= 15 is 0 Å². The molecule has 0 radical (unpaired) electrons. The molecule has 19 heavy (non-hydrogen) atoms. The SMILES string of the molecule is Cc1cccc(OCC2CCCN(CC(N)=O)C2)c1. The Morgan fingerprint density at radius 3 is 3.11 bits per heavy atom. The van der Waals surface area contributed by atoms with E-state index in [2.05, 4.69) is 17.9 Å². The average Bonchev–Trinajstić information content (AvgIpc) is 2.36. The number of hydrogen-bond acceptors (Lipinski definition) is 3. The van der Waals surface area contributed by atoms with Gasteiger partial charge in [0.05, 0.1) is 13.2 Å². The summed E-state index contributed by atoms with van der Waals surface area (Å²) in [4.78, 5) is 13.1. The minimum atomic E-state index is -0.250. The number of aryl methyl sites for hydroxylation is 1. The van der Waals surface area contributed by atoms with Crippen molar-refractivity contribution in [3.05, 3.63) is 29.8 Å². The highest BCUT2D eigenvalue weighted by atomic mass is 16.5. The smallest absolute Gasteiger partial charge is 0.231 e. The standard InChI is InChI=1S/C15H22N2O2/c1-12-4-2-6-14(8-12)19-11-13-5-3-7-17(9-13)10-15(16)18/h2,4,6,8,13H,3,5,7,9-11H2,1H3,(H2,16,18). The molecule has 1 atom stereocenters. The number of benzene rings is 1. The summed E-state index contributed by atoms with van der Waals surface area (Å²) in [6.45, 7) is 4.99. The Balaban J connectivity index is 1.81. The van der Waals surface area contributed by atoms with Crippen LogP contribution in [-0.4, -0.2) is 37.0 Å². The summed E-state index contributed by atoms with van der Waals surface area (Å²) in [7, 11) is 0. The zero-order valence-corrected chi connectivity index (χ0v) is 11.5. The Morgan fingerprint density at radius 1 is 1.53 bits per heavy atom. The lowest BCUT2D eigenvalue weighted by Gasteiger charge is -2.31. The van der Waals surface area contributed by atoms with Crippen LogP contribution in [0.15, 0.2) is 24.3 Å². The largest absolute Gasteiger partial charge is 0.493 e. The zero-order valence-electron chi connectivity index (χ0n) is 11.5. The second-order valence-electron chi connectivity index (χ2n) is 5.34. The summed E-state index contributed by atoms with van der Waals surface area (Å²) in [5.41, 5.74) is 6.44. The van der Waals surface area contributed by atoms with Crippen LogP contribution >= 0.6 is 0 Å². The molecular weight excluding hydrogens is 240 g/mol. The van der Waals surface area contributed by atoms with E-state index in [-0.39, 0.29) is 5.91 Å². The number of nitrogens with two attached hydrogens (primary N) is 1. The van der Waals surface area contributed by atoms with E-state index in [9.17, 15) is 4.79 Å². The first-order valence-electron chi connectivity index (χ1n) is 6.83. The van der Waals surface area contributed by atoms with Gasteiger partial charge in [-0.2, -0.15) is 0 Å². The van der Waals surface area contributed by atoms with Gasteiger partial charge in [-0.1, -0.05) is 12.1 Å². The van der Waals surface area contributed by atoms with E-state index in [1.807, 2.05) is 18.2 Å². The van der Waals surface area contributed by atoms with Gasteiger partial charge < -0.3 is 10.5 Å². The molecule has 1 fully saturated rings. The third-order valence-electron chi connectivity index (χ3n) is 3.46. The van der Waals surface area contributed by atoms with E-state index < -0.39 is 0 Å². The highest BCUT2D eigenvalue weighted by molar-refractivity contribution is 5.75. The van der Waals surface area contributed by atoms with Gasteiger partial charge in [-0.3, -0.25) is 9.69 Å². The predicted molar refractivity (Wildman–Crippen MR) is 75.0 cm³/mol. The minimum Gasteiger partial charge on any atom is -0.493 e.